The van der Waals surface area contributed by atoms with E-state index in [1.165, 1.54) is 12.8 Å². The van der Waals surface area contributed by atoms with Gasteiger partial charge >= 0.3 is 0 Å². The van der Waals surface area contributed by atoms with Gasteiger partial charge in [-0.15, -0.1) is 0 Å². The van der Waals surface area contributed by atoms with Gasteiger partial charge in [0.15, 0.2) is 12.0 Å². The minimum atomic E-state index is 0.360. The fraction of sp³-hybridized carbons (Fsp3) is 0.353. The first-order valence-electron chi connectivity index (χ1n) is 7.35. The highest BCUT2D eigenvalue weighted by Crippen LogP contribution is 2.24. The zero-order valence-corrected chi connectivity index (χ0v) is 12.2. The fourth-order valence-corrected chi connectivity index (χ4v) is 2.69. The van der Waals surface area contributed by atoms with E-state index in [0.29, 0.717) is 11.8 Å². The number of hydrogen-bond acceptors (Lipinski definition) is 4. The molecule has 1 saturated heterocycles. The Bertz CT molecular complexity index is 596. The Morgan fingerprint density at radius 2 is 1.86 bits per heavy atom. The van der Waals surface area contributed by atoms with Crippen molar-refractivity contribution in [2.24, 2.45) is 0 Å². The molecule has 4 heteroatoms. The number of hydrogen-bond donors (Lipinski definition) is 1. The number of benzene rings is 1. The highest BCUT2D eigenvalue weighted by atomic mass is 16.3. The smallest absolute Gasteiger partial charge is 0.185 e. The van der Waals surface area contributed by atoms with Crippen LogP contribution in [0.4, 0.5) is 5.69 Å². The van der Waals surface area contributed by atoms with Crippen LogP contribution in [0.3, 0.4) is 0 Å². The van der Waals surface area contributed by atoms with Gasteiger partial charge in [0.25, 0.3) is 0 Å². The van der Waals surface area contributed by atoms with Gasteiger partial charge in [0.2, 0.25) is 0 Å². The monoisotopic (exact) mass is 284 g/mol. The molecule has 1 aromatic carbocycles. The lowest BCUT2D eigenvalue weighted by Gasteiger charge is -2.30. The van der Waals surface area contributed by atoms with Crippen molar-refractivity contribution in [3.05, 3.63) is 42.2 Å². The molecular weight excluding hydrogens is 264 g/mol. The lowest BCUT2D eigenvalue weighted by atomic mass is 10.0. The summed E-state index contributed by atoms with van der Waals surface area (Å²) in [5, 5.41) is 3.58. The van der Waals surface area contributed by atoms with Crippen molar-refractivity contribution in [3.8, 4) is 11.3 Å². The van der Waals surface area contributed by atoms with Crippen LogP contribution in [0, 0.1) is 0 Å². The van der Waals surface area contributed by atoms with E-state index < -0.39 is 0 Å². The number of aldehydes is 1. The Hall–Kier alpha value is -2.07. The van der Waals surface area contributed by atoms with Crippen LogP contribution in [-0.4, -0.2) is 37.4 Å². The van der Waals surface area contributed by atoms with E-state index in [2.05, 4.69) is 29.4 Å². The molecular formula is C17H20N2O2. The van der Waals surface area contributed by atoms with E-state index in [4.69, 9.17) is 4.42 Å². The van der Waals surface area contributed by atoms with Crippen LogP contribution >= 0.6 is 0 Å². The molecule has 1 aromatic heterocycles. The molecule has 0 atom stereocenters. The van der Waals surface area contributed by atoms with Gasteiger partial charge in [-0.3, -0.25) is 4.79 Å². The summed E-state index contributed by atoms with van der Waals surface area (Å²) in [6.45, 7) is 2.30. The lowest BCUT2D eigenvalue weighted by Crippen LogP contribution is -2.36. The average Bonchev–Trinajstić information content (AvgIpc) is 2.99. The molecule has 1 aliphatic heterocycles. The van der Waals surface area contributed by atoms with Crippen LogP contribution in [0.5, 0.6) is 0 Å². The minimum Gasteiger partial charge on any atom is -0.453 e. The predicted octanol–water partition coefficient (Wildman–Crippen LogP) is 3.27. The summed E-state index contributed by atoms with van der Waals surface area (Å²) in [7, 11) is 2.17. The maximum absolute atomic E-state index is 10.6. The molecule has 0 spiro atoms. The van der Waals surface area contributed by atoms with E-state index in [1.54, 1.807) is 6.07 Å². The van der Waals surface area contributed by atoms with Crippen molar-refractivity contribution in [2.75, 3.05) is 25.5 Å². The Balaban J connectivity index is 1.65. The van der Waals surface area contributed by atoms with Gasteiger partial charge < -0.3 is 14.6 Å². The number of piperidine rings is 1. The van der Waals surface area contributed by atoms with Gasteiger partial charge in [-0.2, -0.15) is 0 Å². The summed E-state index contributed by atoms with van der Waals surface area (Å²) in [5.41, 5.74) is 2.12. The second kappa shape index (κ2) is 6.14. The van der Waals surface area contributed by atoms with Crippen LogP contribution in [0.2, 0.25) is 0 Å². The van der Waals surface area contributed by atoms with Crippen molar-refractivity contribution >= 4 is 12.0 Å². The topological polar surface area (TPSA) is 45.5 Å². The Kier molecular flexibility index (Phi) is 4.06. The third-order valence-electron chi connectivity index (χ3n) is 4.00. The van der Waals surface area contributed by atoms with Crippen LogP contribution in [0.15, 0.2) is 40.8 Å². The third-order valence-corrected chi connectivity index (χ3v) is 4.00. The fourth-order valence-electron chi connectivity index (χ4n) is 2.69. The molecule has 1 N–H and O–H groups in total. The second-order valence-electron chi connectivity index (χ2n) is 5.62. The Morgan fingerprint density at radius 1 is 1.14 bits per heavy atom. The van der Waals surface area contributed by atoms with Crippen LogP contribution < -0.4 is 5.32 Å². The maximum atomic E-state index is 10.6. The Labute approximate surface area is 124 Å². The average molecular weight is 284 g/mol. The van der Waals surface area contributed by atoms with Gasteiger partial charge in [0.05, 0.1) is 0 Å². The van der Waals surface area contributed by atoms with E-state index in [-0.39, 0.29) is 0 Å². The van der Waals surface area contributed by atoms with Crippen molar-refractivity contribution in [1.29, 1.82) is 0 Å². The molecule has 1 fully saturated rings. The van der Waals surface area contributed by atoms with E-state index in [1.807, 2.05) is 18.2 Å². The quantitative estimate of drug-likeness (QED) is 0.875. The number of anilines is 1. The molecule has 2 aromatic rings. The minimum absolute atomic E-state index is 0.360. The molecule has 110 valence electrons. The summed E-state index contributed by atoms with van der Waals surface area (Å²) in [5.74, 6) is 1.08. The summed E-state index contributed by atoms with van der Waals surface area (Å²) < 4.78 is 5.43. The first kappa shape index (κ1) is 13.9. The first-order valence-corrected chi connectivity index (χ1v) is 7.35. The zero-order valence-electron chi connectivity index (χ0n) is 12.2. The standard InChI is InChI=1S/C17H20N2O2/c1-19-10-8-15(9-11-19)18-14-4-2-13(3-5-14)17-7-6-16(12-20)21-17/h2-7,12,15,18H,8-11H2,1H3. The summed E-state index contributed by atoms with van der Waals surface area (Å²) >= 11 is 0. The van der Waals surface area contributed by atoms with Gasteiger partial charge in [0, 0.05) is 17.3 Å². The maximum Gasteiger partial charge on any atom is 0.185 e. The molecule has 3 rings (SSSR count). The van der Waals surface area contributed by atoms with Crippen molar-refractivity contribution in [3.63, 3.8) is 0 Å². The SMILES string of the molecule is CN1CCC(Nc2ccc(-c3ccc(C=O)o3)cc2)CC1. The molecule has 0 bridgehead atoms. The van der Waals surface area contributed by atoms with E-state index in [0.717, 1.165) is 36.4 Å². The normalized spacial score (nSPS) is 16.8. The number of likely N-dealkylation sites (tertiary alicyclic amines) is 1. The molecule has 0 unspecified atom stereocenters. The first-order chi connectivity index (χ1) is 10.2. The van der Waals surface area contributed by atoms with Gasteiger partial charge in [-0.1, -0.05) is 0 Å². The van der Waals surface area contributed by atoms with Gasteiger partial charge in [0.1, 0.15) is 5.76 Å². The van der Waals surface area contributed by atoms with Crippen LogP contribution in [0.1, 0.15) is 23.4 Å². The van der Waals surface area contributed by atoms with Crippen molar-refractivity contribution in [1.82, 2.24) is 4.90 Å². The van der Waals surface area contributed by atoms with E-state index >= 15 is 0 Å². The zero-order chi connectivity index (χ0) is 14.7. The van der Waals surface area contributed by atoms with E-state index in [9.17, 15) is 4.79 Å². The number of nitrogens with one attached hydrogen (secondary N) is 1. The molecule has 4 nitrogen and oxygen atoms in total. The number of rotatable bonds is 4. The molecule has 0 aliphatic carbocycles. The number of carbonyl (C=O) groups is 1. The predicted molar refractivity (Wildman–Crippen MR) is 83.7 cm³/mol. The Morgan fingerprint density at radius 3 is 2.48 bits per heavy atom. The summed E-state index contributed by atoms with van der Waals surface area (Å²) in [4.78, 5) is 13.0. The van der Waals surface area contributed by atoms with Crippen LogP contribution in [-0.2, 0) is 0 Å². The molecule has 0 amide bonds. The molecule has 0 radical (unpaired) electrons. The lowest BCUT2D eigenvalue weighted by molar-refractivity contribution is 0.110. The van der Waals surface area contributed by atoms with Crippen molar-refractivity contribution in [2.45, 2.75) is 18.9 Å². The summed E-state index contributed by atoms with van der Waals surface area (Å²) in [6.07, 6.45) is 3.08. The highest BCUT2D eigenvalue weighted by molar-refractivity contribution is 5.73. The molecule has 21 heavy (non-hydrogen) atoms. The largest absolute Gasteiger partial charge is 0.453 e. The molecule has 1 aliphatic rings. The molecule has 0 saturated carbocycles. The number of carbonyl (C=O) groups excluding carboxylic acids is 1. The van der Waals surface area contributed by atoms with Gasteiger partial charge in [-0.05, 0) is 69.4 Å². The summed E-state index contributed by atoms with van der Waals surface area (Å²) in [6, 6.07) is 12.2. The number of nitrogens with zero attached hydrogens (tertiary/aromatic N) is 1. The second-order valence-corrected chi connectivity index (χ2v) is 5.62. The van der Waals surface area contributed by atoms with Crippen LogP contribution in [0.25, 0.3) is 11.3 Å². The third kappa shape index (κ3) is 3.34. The van der Waals surface area contributed by atoms with Gasteiger partial charge in [-0.25, -0.2) is 0 Å². The highest BCUT2D eigenvalue weighted by Gasteiger charge is 2.16. The number of furan rings is 1. The van der Waals surface area contributed by atoms with Crippen molar-refractivity contribution < 1.29 is 9.21 Å². The molecule has 2 heterocycles.